The van der Waals surface area contributed by atoms with Gasteiger partial charge in [0.1, 0.15) is 0 Å². The van der Waals surface area contributed by atoms with Crippen molar-refractivity contribution in [3.63, 3.8) is 0 Å². The number of hydrogen-bond donors (Lipinski definition) is 2. The minimum Gasteiger partial charge on any atom is -0.481 e. The summed E-state index contributed by atoms with van der Waals surface area (Å²) in [5.74, 6) is -0.973. The van der Waals surface area contributed by atoms with Crippen LogP contribution in [0.4, 0.5) is 15.6 Å². The van der Waals surface area contributed by atoms with Crippen LogP contribution in [0.5, 0.6) is 0 Å². The van der Waals surface area contributed by atoms with Crippen molar-refractivity contribution in [3.05, 3.63) is 29.8 Å². The van der Waals surface area contributed by atoms with E-state index in [1.807, 2.05) is 19.1 Å². The number of para-hydroxylation sites is 1. The first-order valence-electron chi connectivity index (χ1n) is 6.09. The molecule has 110 valence electrons. The van der Waals surface area contributed by atoms with Crippen LogP contribution in [-0.2, 0) is 4.79 Å². The zero-order valence-corrected chi connectivity index (χ0v) is 12.0. The Kier molecular flexibility index (Phi) is 4.77. The van der Waals surface area contributed by atoms with E-state index in [2.05, 4.69) is 20.1 Å². The smallest absolute Gasteiger partial charge is 0.328 e. The number of carbonyl (C=O) groups is 2. The van der Waals surface area contributed by atoms with Gasteiger partial charge in [-0.15, -0.1) is 0 Å². The van der Waals surface area contributed by atoms with Gasteiger partial charge in [0.15, 0.2) is 0 Å². The first-order chi connectivity index (χ1) is 10.1. The molecule has 0 spiro atoms. The number of urea groups is 1. The third kappa shape index (κ3) is 3.96. The molecule has 2 rings (SSSR count). The van der Waals surface area contributed by atoms with Crippen LogP contribution >= 0.6 is 11.5 Å². The van der Waals surface area contributed by atoms with Gasteiger partial charge < -0.3 is 5.11 Å². The molecule has 0 bridgehead atoms. The van der Waals surface area contributed by atoms with Gasteiger partial charge in [0.2, 0.25) is 5.13 Å². The lowest BCUT2D eigenvalue weighted by atomic mass is 10.2. The molecule has 0 radical (unpaired) electrons. The summed E-state index contributed by atoms with van der Waals surface area (Å²) in [7, 11) is 0. The first kappa shape index (κ1) is 14.9. The average Bonchev–Trinajstić information content (AvgIpc) is 2.93. The second-order valence-corrected chi connectivity index (χ2v) is 4.91. The van der Waals surface area contributed by atoms with Gasteiger partial charge in [-0.05, 0) is 23.8 Å². The molecule has 1 aromatic heterocycles. The second-order valence-electron chi connectivity index (χ2n) is 4.18. The molecule has 0 fully saturated rings. The largest absolute Gasteiger partial charge is 0.481 e. The third-order valence-corrected chi connectivity index (χ3v) is 3.23. The second kappa shape index (κ2) is 6.75. The summed E-state index contributed by atoms with van der Waals surface area (Å²) in [6.45, 7) is 1.90. The van der Waals surface area contributed by atoms with E-state index in [1.165, 1.54) is 4.90 Å². The highest BCUT2D eigenvalue weighted by Gasteiger charge is 2.19. The van der Waals surface area contributed by atoms with E-state index in [4.69, 9.17) is 5.11 Å². The lowest BCUT2D eigenvalue weighted by molar-refractivity contribution is -0.136. The van der Waals surface area contributed by atoms with Gasteiger partial charge in [-0.2, -0.15) is 0 Å². The van der Waals surface area contributed by atoms with Crippen molar-refractivity contribution in [1.82, 2.24) is 14.8 Å². The molecule has 9 heteroatoms. The van der Waals surface area contributed by atoms with Gasteiger partial charge in [-0.1, -0.05) is 27.8 Å². The van der Waals surface area contributed by atoms with Crippen LogP contribution < -0.4 is 10.2 Å². The predicted octanol–water partition coefficient (Wildman–Crippen LogP) is 1.75. The average molecular weight is 307 g/mol. The Morgan fingerprint density at radius 3 is 2.76 bits per heavy atom. The fourth-order valence-electron chi connectivity index (χ4n) is 1.75. The van der Waals surface area contributed by atoms with Gasteiger partial charge in [-0.25, -0.2) is 4.79 Å². The van der Waals surface area contributed by atoms with Gasteiger partial charge in [0.25, 0.3) is 0 Å². The molecule has 2 aromatic rings. The molecule has 0 aliphatic heterocycles. The fourth-order valence-corrected chi connectivity index (χ4v) is 2.10. The Bertz CT molecular complexity index is 632. The molecule has 2 N–H and O–H groups in total. The van der Waals surface area contributed by atoms with Crippen molar-refractivity contribution in [2.24, 2.45) is 0 Å². The van der Waals surface area contributed by atoms with Crippen LogP contribution in [0.25, 0.3) is 0 Å². The van der Waals surface area contributed by atoms with Gasteiger partial charge in [-0.3, -0.25) is 15.0 Å². The van der Waals surface area contributed by atoms with Crippen LogP contribution in [0.15, 0.2) is 24.3 Å². The maximum Gasteiger partial charge on any atom is 0.328 e. The van der Waals surface area contributed by atoms with Gasteiger partial charge in [0.05, 0.1) is 6.42 Å². The quantitative estimate of drug-likeness (QED) is 0.871. The first-order valence-corrected chi connectivity index (χ1v) is 6.86. The molecule has 0 saturated carbocycles. The molecule has 21 heavy (non-hydrogen) atoms. The number of nitrogens with one attached hydrogen (secondary N) is 1. The molecular formula is C12H13N5O3S. The van der Waals surface area contributed by atoms with E-state index < -0.39 is 12.0 Å². The van der Waals surface area contributed by atoms with Gasteiger partial charge in [0, 0.05) is 23.8 Å². The van der Waals surface area contributed by atoms with E-state index in [9.17, 15) is 9.59 Å². The topological polar surface area (TPSA) is 108 Å². The highest BCUT2D eigenvalue weighted by atomic mass is 32.1. The number of nitrogens with zero attached hydrogens (tertiary/aromatic N) is 4. The number of anilines is 2. The molecule has 0 aliphatic rings. The molecule has 2 amide bonds. The predicted molar refractivity (Wildman–Crippen MR) is 77.5 cm³/mol. The van der Waals surface area contributed by atoms with Crippen molar-refractivity contribution in [2.45, 2.75) is 13.3 Å². The number of carbonyl (C=O) groups excluding carboxylic acids is 1. The van der Waals surface area contributed by atoms with E-state index in [0.717, 1.165) is 17.1 Å². The Labute approximate surface area is 124 Å². The lowest BCUT2D eigenvalue weighted by Crippen LogP contribution is -2.37. The molecule has 1 heterocycles. The van der Waals surface area contributed by atoms with Crippen molar-refractivity contribution < 1.29 is 14.7 Å². The fraction of sp³-hybridized carbons (Fsp3) is 0.250. The van der Waals surface area contributed by atoms with Crippen LogP contribution in [0.3, 0.4) is 0 Å². The summed E-state index contributed by atoms with van der Waals surface area (Å²) in [6.07, 6.45) is -0.157. The van der Waals surface area contributed by atoms with E-state index in [-0.39, 0.29) is 18.1 Å². The summed E-state index contributed by atoms with van der Waals surface area (Å²) >= 11 is 0.945. The zero-order valence-electron chi connectivity index (χ0n) is 11.2. The number of hydrogen-bond acceptors (Lipinski definition) is 6. The van der Waals surface area contributed by atoms with Crippen LogP contribution in [0.1, 0.15) is 12.0 Å². The number of benzene rings is 1. The monoisotopic (exact) mass is 307 g/mol. The standard InChI is InChI=1S/C12H13N5O3S/c1-8-4-2-3-5-9(8)17(7-6-10(18)19)12(20)13-11-14-15-16-21-11/h2-5H,6-7H2,1H3,(H,18,19)(H,13,14,16,20). The Morgan fingerprint density at radius 2 is 2.14 bits per heavy atom. The maximum atomic E-state index is 12.3. The summed E-state index contributed by atoms with van der Waals surface area (Å²) in [5, 5.41) is 18.7. The SMILES string of the molecule is Cc1ccccc1N(CCC(=O)O)C(=O)Nc1nnns1. The number of amides is 2. The number of aliphatic carboxylic acids is 1. The van der Waals surface area contributed by atoms with E-state index in [1.54, 1.807) is 12.1 Å². The van der Waals surface area contributed by atoms with Crippen molar-refractivity contribution in [1.29, 1.82) is 0 Å². The minimum atomic E-state index is -0.973. The van der Waals surface area contributed by atoms with Crippen molar-refractivity contribution in [2.75, 3.05) is 16.8 Å². The molecule has 0 aliphatic carbocycles. The van der Waals surface area contributed by atoms with Crippen molar-refractivity contribution >= 4 is 34.4 Å². The summed E-state index contributed by atoms with van der Waals surface area (Å²) in [4.78, 5) is 24.4. The number of aryl methyl sites for hydroxylation is 1. The Balaban J connectivity index is 2.21. The normalized spacial score (nSPS) is 10.1. The number of aromatic nitrogens is 3. The molecule has 8 nitrogen and oxygen atoms in total. The van der Waals surface area contributed by atoms with Gasteiger partial charge >= 0.3 is 12.0 Å². The highest BCUT2D eigenvalue weighted by molar-refractivity contribution is 7.09. The molecular weight excluding hydrogens is 294 g/mol. The summed E-state index contributed by atoms with van der Waals surface area (Å²) < 4.78 is 3.55. The van der Waals surface area contributed by atoms with Crippen LogP contribution in [0, 0.1) is 6.92 Å². The van der Waals surface area contributed by atoms with E-state index >= 15 is 0 Å². The number of carboxylic acids is 1. The molecule has 0 saturated heterocycles. The third-order valence-electron chi connectivity index (χ3n) is 2.71. The van der Waals surface area contributed by atoms with Crippen LogP contribution in [-0.4, -0.2) is 38.5 Å². The zero-order chi connectivity index (χ0) is 15.2. The lowest BCUT2D eigenvalue weighted by Gasteiger charge is -2.23. The number of rotatable bonds is 5. The Morgan fingerprint density at radius 1 is 1.38 bits per heavy atom. The van der Waals surface area contributed by atoms with Crippen LogP contribution in [0.2, 0.25) is 0 Å². The number of carboxylic acid groups (broad SMARTS) is 1. The highest BCUT2D eigenvalue weighted by Crippen LogP contribution is 2.21. The minimum absolute atomic E-state index is 0.0538. The van der Waals surface area contributed by atoms with E-state index in [0.29, 0.717) is 5.69 Å². The molecule has 1 aromatic carbocycles. The maximum absolute atomic E-state index is 12.3. The molecule has 0 unspecified atom stereocenters. The summed E-state index contributed by atoms with van der Waals surface area (Å²) in [6, 6.07) is 6.78. The molecule has 0 atom stereocenters. The summed E-state index contributed by atoms with van der Waals surface area (Å²) in [5.41, 5.74) is 1.52. The Hall–Kier alpha value is -2.55. The van der Waals surface area contributed by atoms with Crippen molar-refractivity contribution in [3.8, 4) is 0 Å².